The Balaban J connectivity index is 2.57. The van der Waals surface area contributed by atoms with Crippen molar-refractivity contribution < 1.29 is 12.8 Å². The van der Waals surface area contributed by atoms with Crippen LogP contribution in [0.5, 0.6) is 0 Å². The lowest BCUT2D eigenvalue weighted by atomic mass is 10.2. The SMILES string of the molecule is Cc1cccc(N(C)S(=O)(=O)c2c(C)oc(C)c2CN)c1. The largest absolute Gasteiger partial charge is 0.465 e. The van der Waals surface area contributed by atoms with Gasteiger partial charge in [-0.05, 0) is 38.5 Å². The Labute approximate surface area is 125 Å². The highest BCUT2D eigenvalue weighted by Gasteiger charge is 2.30. The van der Waals surface area contributed by atoms with E-state index in [1.54, 1.807) is 19.9 Å². The van der Waals surface area contributed by atoms with Gasteiger partial charge in [0.1, 0.15) is 16.4 Å². The Morgan fingerprint density at radius 2 is 1.86 bits per heavy atom. The predicted octanol–water partition coefficient (Wildman–Crippen LogP) is 2.49. The van der Waals surface area contributed by atoms with Crippen LogP contribution in [0.3, 0.4) is 0 Å². The smallest absolute Gasteiger partial charge is 0.267 e. The van der Waals surface area contributed by atoms with Gasteiger partial charge in [0.25, 0.3) is 10.0 Å². The van der Waals surface area contributed by atoms with E-state index in [9.17, 15) is 8.42 Å². The summed E-state index contributed by atoms with van der Waals surface area (Å²) >= 11 is 0. The lowest BCUT2D eigenvalue weighted by molar-refractivity contribution is 0.494. The summed E-state index contributed by atoms with van der Waals surface area (Å²) in [6, 6.07) is 7.33. The number of furan rings is 1. The first-order chi connectivity index (χ1) is 9.78. The van der Waals surface area contributed by atoms with Crippen LogP contribution in [-0.4, -0.2) is 15.5 Å². The fraction of sp³-hybridized carbons (Fsp3) is 0.333. The van der Waals surface area contributed by atoms with Crippen LogP contribution in [0.15, 0.2) is 33.6 Å². The molecule has 0 saturated carbocycles. The Hall–Kier alpha value is -1.79. The highest BCUT2D eigenvalue weighted by atomic mass is 32.2. The number of rotatable bonds is 4. The summed E-state index contributed by atoms with van der Waals surface area (Å²) < 4.78 is 32.4. The molecule has 2 N–H and O–H groups in total. The van der Waals surface area contributed by atoms with Crippen LogP contribution in [-0.2, 0) is 16.6 Å². The van der Waals surface area contributed by atoms with Gasteiger partial charge in [0.15, 0.2) is 0 Å². The molecule has 0 aliphatic heterocycles. The molecule has 0 amide bonds. The maximum absolute atomic E-state index is 12.9. The molecule has 0 bridgehead atoms. The van der Waals surface area contributed by atoms with Crippen LogP contribution < -0.4 is 10.0 Å². The zero-order valence-electron chi connectivity index (χ0n) is 12.7. The average Bonchev–Trinajstić information content (AvgIpc) is 2.72. The zero-order valence-corrected chi connectivity index (χ0v) is 13.5. The third-order valence-corrected chi connectivity index (χ3v) is 5.49. The Morgan fingerprint density at radius 1 is 1.19 bits per heavy atom. The zero-order chi connectivity index (χ0) is 15.8. The van der Waals surface area contributed by atoms with Gasteiger partial charge in [0.05, 0.1) is 5.69 Å². The monoisotopic (exact) mass is 308 g/mol. The predicted molar refractivity (Wildman–Crippen MR) is 82.8 cm³/mol. The van der Waals surface area contributed by atoms with Gasteiger partial charge in [-0.1, -0.05) is 12.1 Å². The third-order valence-electron chi connectivity index (χ3n) is 3.51. The molecule has 2 rings (SSSR count). The molecule has 2 aromatic rings. The van der Waals surface area contributed by atoms with Gasteiger partial charge in [-0.15, -0.1) is 0 Å². The molecule has 6 heteroatoms. The molecule has 21 heavy (non-hydrogen) atoms. The third kappa shape index (κ3) is 2.69. The van der Waals surface area contributed by atoms with E-state index in [1.807, 2.05) is 25.1 Å². The lowest BCUT2D eigenvalue weighted by Gasteiger charge is -2.20. The van der Waals surface area contributed by atoms with Crippen molar-refractivity contribution >= 4 is 15.7 Å². The highest BCUT2D eigenvalue weighted by Crippen LogP contribution is 2.30. The second-order valence-corrected chi connectivity index (χ2v) is 6.94. The van der Waals surface area contributed by atoms with E-state index in [-0.39, 0.29) is 11.4 Å². The fourth-order valence-corrected chi connectivity index (χ4v) is 3.99. The molecule has 0 radical (unpaired) electrons. The summed E-state index contributed by atoms with van der Waals surface area (Å²) in [6.45, 7) is 5.41. The fourth-order valence-electron chi connectivity index (χ4n) is 2.38. The van der Waals surface area contributed by atoms with Gasteiger partial charge in [0.2, 0.25) is 0 Å². The van der Waals surface area contributed by atoms with E-state index in [4.69, 9.17) is 10.2 Å². The molecule has 0 atom stereocenters. The van der Waals surface area contributed by atoms with E-state index in [0.29, 0.717) is 22.8 Å². The average molecular weight is 308 g/mol. The molecule has 0 unspecified atom stereocenters. The summed E-state index contributed by atoms with van der Waals surface area (Å²) in [4.78, 5) is 0.173. The second kappa shape index (κ2) is 5.54. The molecule has 1 aromatic heterocycles. The van der Waals surface area contributed by atoms with Crippen LogP contribution in [0, 0.1) is 20.8 Å². The number of benzene rings is 1. The van der Waals surface area contributed by atoms with E-state index in [0.717, 1.165) is 5.56 Å². The molecule has 0 aliphatic carbocycles. The maximum Gasteiger partial charge on any atom is 0.267 e. The quantitative estimate of drug-likeness (QED) is 0.941. The molecule has 5 nitrogen and oxygen atoms in total. The maximum atomic E-state index is 12.9. The summed E-state index contributed by atoms with van der Waals surface area (Å²) in [5.41, 5.74) is 7.82. The van der Waals surface area contributed by atoms with Gasteiger partial charge in [-0.2, -0.15) is 0 Å². The number of sulfonamides is 1. The number of anilines is 1. The number of hydrogen-bond donors (Lipinski definition) is 1. The summed E-state index contributed by atoms with van der Waals surface area (Å²) in [6.07, 6.45) is 0. The lowest BCUT2D eigenvalue weighted by Crippen LogP contribution is -2.28. The summed E-state index contributed by atoms with van der Waals surface area (Å²) in [5.74, 6) is 0.915. The van der Waals surface area contributed by atoms with Crippen molar-refractivity contribution in [3.05, 3.63) is 46.9 Å². The van der Waals surface area contributed by atoms with Crippen molar-refractivity contribution in [1.82, 2.24) is 0 Å². The van der Waals surface area contributed by atoms with Gasteiger partial charge in [-0.25, -0.2) is 8.42 Å². The van der Waals surface area contributed by atoms with Crippen molar-refractivity contribution in [1.29, 1.82) is 0 Å². The normalized spacial score (nSPS) is 11.7. The summed E-state index contributed by atoms with van der Waals surface area (Å²) in [7, 11) is -2.17. The first-order valence-corrected chi connectivity index (χ1v) is 8.07. The Bertz CT molecular complexity index is 763. The Kier molecular flexibility index (Phi) is 4.11. The number of aryl methyl sites for hydroxylation is 3. The van der Waals surface area contributed by atoms with Gasteiger partial charge >= 0.3 is 0 Å². The minimum atomic E-state index is -3.70. The van der Waals surface area contributed by atoms with Gasteiger partial charge in [-0.3, -0.25) is 4.31 Å². The Morgan fingerprint density at radius 3 is 2.43 bits per heavy atom. The molecule has 0 aliphatic rings. The second-order valence-electron chi connectivity index (χ2n) is 5.04. The highest BCUT2D eigenvalue weighted by molar-refractivity contribution is 7.92. The van der Waals surface area contributed by atoms with E-state index < -0.39 is 10.0 Å². The standard InChI is InChI=1S/C15H20N2O3S/c1-10-6-5-7-13(8-10)17(4)21(18,19)15-12(3)20-11(2)14(15)9-16/h5-8H,9,16H2,1-4H3. The van der Waals surface area contributed by atoms with Crippen LogP contribution >= 0.6 is 0 Å². The molecule has 1 aromatic carbocycles. The van der Waals surface area contributed by atoms with Crippen molar-refractivity contribution in [2.24, 2.45) is 5.73 Å². The molecular weight excluding hydrogens is 288 g/mol. The van der Waals surface area contributed by atoms with Crippen LogP contribution in [0.2, 0.25) is 0 Å². The minimum Gasteiger partial charge on any atom is -0.465 e. The number of nitrogens with zero attached hydrogens (tertiary/aromatic N) is 1. The van der Waals surface area contributed by atoms with Gasteiger partial charge < -0.3 is 10.2 Å². The van der Waals surface area contributed by atoms with E-state index >= 15 is 0 Å². The number of nitrogens with two attached hydrogens (primary N) is 1. The van der Waals surface area contributed by atoms with Crippen molar-refractivity contribution in [2.75, 3.05) is 11.4 Å². The topological polar surface area (TPSA) is 76.5 Å². The summed E-state index contributed by atoms with van der Waals surface area (Å²) in [5, 5.41) is 0. The van der Waals surface area contributed by atoms with Crippen molar-refractivity contribution in [3.63, 3.8) is 0 Å². The van der Waals surface area contributed by atoms with Crippen LogP contribution in [0.4, 0.5) is 5.69 Å². The van der Waals surface area contributed by atoms with Crippen LogP contribution in [0.25, 0.3) is 0 Å². The van der Waals surface area contributed by atoms with E-state index in [2.05, 4.69) is 0 Å². The first kappa shape index (κ1) is 15.6. The number of hydrogen-bond acceptors (Lipinski definition) is 4. The van der Waals surface area contributed by atoms with E-state index in [1.165, 1.54) is 11.4 Å². The molecule has 0 fully saturated rings. The van der Waals surface area contributed by atoms with Crippen LogP contribution in [0.1, 0.15) is 22.6 Å². The minimum absolute atomic E-state index is 0.124. The van der Waals surface area contributed by atoms with Crippen molar-refractivity contribution in [3.8, 4) is 0 Å². The first-order valence-electron chi connectivity index (χ1n) is 6.63. The molecular formula is C15H20N2O3S. The molecule has 1 heterocycles. The van der Waals surface area contributed by atoms with Crippen molar-refractivity contribution in [2.45, 2.75) is 32.2 Å². The van der Waals surface area contributed by atoms with Gasteiger partial charge in [0, 0.05) is 19.2 Å². The molecule has 0 saturated heterocycles. The molecule has 114 valence electrons. The molecule has 0 spiro atoms.